The Labute approximate surface area is 145 Å². The molecule has 0 radical (unpaired) electrons. The van der Waals surface area contributed by atoms with Crippen LogP contribution >= 0.6 is 11.6 Å². The Kier molecular flexibility index (Phi) is 4.40. The van der Waals surface area contributed by atoms with Crippen molar-refractivity contribution in [2.45, 2.75) is 13.8 Å². The minimum Gasteiger partial charge on any atom is -0.495 e. The summed E-state index contributed by atoms with van der Waals surface area (Å²) in [7, 11) is 1.54. The second-order valence-corrected chi connectivity index (χ2v) is 5.95. The fourth-order valence-electron chi connectivity index (χ4n) is 2.82. The summed E-state index contributed by atoms with van der Waals surface area (Å²) in [6.45, 7) is 3.78. The highest BCUT2D eigenvalue weighted by Gasteiger charge is 2.17. The number of hydrogen-bond donors (Lipinski definition) is 1. The third-order valence-electron chi connectivity index (χ3n) is 3.97. The number of para-hydroxylation sites is 1. The van der Waals surface area contributed by atoms with Crippen molar-refractivity contribution in [3.8, 4) is 5.75 Å². The second kappa shape index (κ2) is 6.49. The van der Waals surface area contributed by atoms with Crippen LogP contribution in [0.3, 0.4) is 0 Å². The normalized spacial score (nSPS) is 10.7. The zero-order valence-corrected chi connectivity index (χ0v) is 14.4. The average molecular weight is 341 g/mol. The van der Waals surface area contributed by atoms with Gasteiger partial charge in [-0.1, -0.05) is 29.8 Å². The molecule has 0 aliphatic carbocycles. The van der Waals surface area contributed by atoms with Crippen molar-refractivity contribution in [1.82, 2.24) is 4.98 Å². The largest absolute Gasteiger partial charge is 0.495 e. The second-order valence-electron chi connectivity index (χ2n) is 5.51. The van der Waals surface area contributed by atoms with Gasteiger partial charge in [0, 0.05) is 16.5 Å². The molecule has 0 unspecified atom stereocenters. The van der Waals surface area contributed by atoms with Gasteiger partial charge in [0.05, 0.1) is 29.6 Å². The molecule has 0 atom stereocenters. The predicted octanol–water partition coefficient (Wildman–Crippen LogP) is 4.77. The van der Waals surface area contributed by atoms with Crippen molar-refractivity contribution >= 4 is 34.1 Å². The lowest BCUT2D eigenvalue weighted by Gasteiger charge is -2.14. The number of hydrogen-bond acceptors (Lipinski definition) is 3. The van der Waals surface area contributed by atoms with E-state index in [4.69, 9.17) is 16.3 Å². The molecule has 1 N–H and O–H groups in total. The zero-order valence-electron chi connectivity index (χ0n) is 13.7. The van der Waals surface area contributed by atoms with E-state index in [0.29, 0.717) is 27.7 Å². The Morgan fingerprint density at radius 3 is 2.67 bits per heavy atom. The molecule has 1 amide bonds. The number of rotatable bonds is 3. The molecule has 0 saturated heterocycles. The number of nitrogens with zero attached hydrogens (tertiary/aromatic N) is 1. The summed E-state index contributed by atoms with van der Waals surface area (Å²) in [6, 6.07) is 12.9. The van der Waals surface area contributed by atoms with E-state index >= 15 is 0 Å². The molecule has 0 bridgehead atoms. The summed E-state index contributed by atoms with van der Waals surface area (Å²) in [6.07, 6.45) is 0. The number of methoxy groups -OCH3 is 1. The van der Waals surface area contributed by atoms with Crippen molar-refractivity contribution in [1.29, 1.82) is 0 Å². The molecular formula is C19H17ClN2O2. The van der Waals surface area contributed by atoms with Crippen LogP contribution < -0.4 is 10.1 Å². The first kappa shape index (κ1) is 16.3. The molecule has 1 heterocycles. The SMILES string of the molecule is COc1cc(Cl)ccc1NC(=O)c1c(C)nc2ccccc2c1C. The average Bonchev–Trinajstić information content (AvgIpc) is 2.56. The van der Waals surface area contributed by atoms with Crippen molar-refractivity contribution in [2.24, 2.45) is 0 Å². The topological polar surface area (TPSA) is 51.2 Å². The molecular weight excluding hydrogens is 324 g/mol. The van der Waals surface area contributed by atoms with Crippen LogP contribution in [-0.2, 0) is 0 Å². The summed E-state index contributed by atoms with van der Waals surface area (Å²) >= 11 is 5.96. The number of benzene rings is 2. The van der Waals surface area contributed by atoms with Crippen LogP contribution in [0.4, 0.5) is 5.69 Å². The Morgan fingerprint density at radius 2 is 1.92 bits per heavy atom. The lowest BCUT2D eigenvalue weighted by Crippen LogP contribution is -2.16. The third-order valence-corrected chi connectivity index (χ3v) is 4.21. The highest BCUT2D eigenvalue weighted by Crippen LogP contribution is 2.29. The molecule has 0 spiro atoms. The minimum absolute atomic E-state index is 0.219. The molecule has 0 fully saturated rings. The number of fused-ring (bicyclic) bond motifs is 1. The summed E-state index contributed by atoms with van der Waals surface area (Å²) in [4.78, 5) is 17.4. The van der Waals surface area contributed by atoms with Gasteiger partial charge in [-0.2, -0.15) is 0 Å². The van der Waals surface area contributed by atoms with Crippen molar-refractivity contribution in [3.63, 3.8) is 0 Å². The van der Waals surface area contributed by atoms with Gasteiger partial charge in [-0.25, -0.2) is 0 Å². The van der Waals surface area contributed by atoms with Crippen LogP contribution in [0.15, 0.2) is 42.5 Å². The molecule has 122 valence electrons. The van der Waals surface area contributed by atoms with Gasteiger partial charge in [0.15, 0.2) is 0 Å². The maximum absolute atomic E-state index is 12.8. The Bertz CT molecular complexity index is 938. The van der Waals surface area contributed by atoms with Gasteiger partial charge in [-0.3, -0.25) is 9.78 Å². The van der Waals surface area contributed by atoms with Crippen LogP contribution in [-0.4, -0.2) is 18.0 Å². The van der Waals surface area contributed by atoms with E-state index in [0.717, 1.165) is 16.5 Å². The van der Waals surface area contributed by atoms with Gasteiger partial charge in [0.25, 0.3) is 5.91 Å². The Morgan fingerprint density at radius 1 is 1.17 bits per heavy atom. The fraction of sp³-hybridized carbons (Fsp3) is 0.158. The predicted molar refractivity (Wildman–Crippen MR) is 97.2 cm³/mol. The summed E-state index contributed by atoms with van der Waals surface area (Å²) in [5.74, 6) is 0.295. The van der Waals surface area contributed by atoms with E-state index in [2.05, 4.69) is 10.3 Å². The van der Waals surface area contributed by atoms with E-state index in [9.17, 15) is 4.79 Å². The number of aryl methyl sites for hydroxylation is 2. The number of ether oxygens (including phenoxy) is 1. The molecule has 0 aliphatic heterocycles. The first-order valence-electron chi connectivity index (χ1n) is 7.52. The van der Waals surface area contributed by atoms with Crippen LogP contribution in [0.25, 0.3) is 10.9 Å². The van der Waals surface area contributed by atoms with Crippen LogP contribution in [0.2, 0.25) is 5.02 Å². The number of carbonyl (C=O) groups excluding carboxylic acids is 1. The van der Waals surface area contributed by atoms with E-state index in [1.54, 1.807) is 18.2 Å². The lowest BCUT2D eigenvalue weighted by molar-refractivity contribution is 0.102. The van der Waals surface area contributed by atoms with Gasteiger partial charge in [0.1, 0.15) is 5.75 Å². The molecule has 0 aliphatic rings. The van der Waals surface area contributed by atoms with Gasteiger partial charge < -0.3 is 10.1 Å². The van der Waals surface area contributed by atoms with Crippen molar-refractivity contribution in [2.75, 3.05) is 12.4 Å². The van der Waals surface area contributed by atoms with Crippen molar-refractivity contribution < 1.29 is 9.53 Å². The molecule has 24 heavy (non-hydrogen) atoms. The monoisotopic (exact) mass is 340 g/mol. The van der Waals surface area contributed by atoms with Gasteiger partial charge in [0.2, 0.25) is 0 Å². The smallest absolute Gasteiger partial charge is 0.257 e. The number of halogens is 1. The first-order chi connectivity index (χ1) is 11.5. The quantitative estimate of drug-likeness (QED) is 0.747. The number of anilines is 1. The molecule has 5 heteroatoms. The van der Waals surface area contributed by atoms with E-state index < -0.39 is 0 Å². The highest BCUT2D eigenvalue weighted by molar-refractivity contribution is 6.30. The number of carbonyl (C=O) groups is 1. The maximum atomic E-state index is 12.8. The molecule has 1 aromatic heterocycles. The maximum Gasteiger partial charge on any atom is 0.257 e. The third kappa shape index (κ3) is 2.93. The Hall–Kier alpha value is -2.59. The molecule has 4 nitrogen and oxygen atoms in total. The first-order valence-corrected chi connectivity index (χ1v) is 7.90. The lowest BCUT2D eigenvalue weighted by atomic mass is 10.0. The molecule has 3 aromatic rings. The molecule has 2 aromatic carbocycles. The number of aromatic nitrogens is 1. The van der Waals surface area contributed by atoms with Crippen LogP contribution in [0.5, 0.6) is 5.75 Å². The fourth-order valence-corrected chi connectivity index (χ4v) is 2.98. The number of amides is 1. The van der Waals surface area contributed by atoms with Crippen molar-refractivity contribution in [3.05, 3.63) is 64.3 Å². The van der Waals surface area contributed by atoms with Gasteiger partial charge in [-0.05, 0) is 37.6 Å². The van der Waals surface area contributed by atoms with E-state index in [1.165, 1.54) is 7.11 Å². The highest BCUT2D eigenvalue weighted by atomic mass is 35.5. The molecule has 0 saturated carbocycles. The standard InChI is InChI=1S/C19H17ClN2O2/c1-11-14-6-4-5-7-15(14)21-12(2)18(11)19(23)22-16-9-8-13(20)10-17(16)24-3/h4-10H,1-3H3,(H,22,23). The van der Waals surface area contributed by atoms with Crippen LogP contribution in [0.1, 0.15) is 21.6 Å². The number of pyridine rings is 1. The summed E-state index contributed by atoms with van der Waals surface area (Å²) in [5, 5.41) is 4.40. The summed E-state index contributed by atoms with van der Waals surface area (Å²) < 4.78 is 5.28. The minimum atomic E-state index is -0.219. The van der Waals surface area contributed by atoms with Gasteiger partial charge >= 0.3 is 0 Å². The molecule has 3 rings (SSSR count). The zero-order chi connectivity index (χ0) is 17.3. The summed E-state index contributed by atoms with van der Waals surface area (Å²) in [5.41, 5.74) is 3.62. The van der Waals surface area contributed by atoms with Crippen LogP contribution in [0, 0.1) is 13.8 Å². The van der Waals surface area contributed by atoms with E-state index in [1.807, 2.05) is 38.1 Å². The van der Waals surface area contributed by atoms with Gasteiger partial charge in [-0.15, -0.1) is 0 Å². The van der Waals surface area contributed by atoms with E-state index in [-0.39, 0.29) is 5.91 Å². The Balaban J connectivity index is 2.03. The number of nitrogens with one attached hydrogen (secondary N) is 1.